The van der Waals surface area contributed by atoms with E-state index in [9.17, 15) is 19.8 Å². The first kappa shape index (κ1) is 22.3. The maximum Gasteiger partial charge on any atom is 0.325 e. The molecule has 0 bridgehead atoms. The largest absolute Gasteiger partial charge is 0.507 e. The number of hydrogen-bond donors (Lipinski definition) is 3. The van der Waals surface area contributed by atoms with Crippen molar-refractivity contribution in [2.45, 2.75) is 44.4 Å². The number of nitrogens with one attached hydrogen (secondary N) is 1. The summed E-state index contributed by atoms with van der Waals surface area (Å²) in [5, 5.41) is 23.2. The number of benzene rings is 2. The molecule has 4 rings (SSSR count). The van der Waals surface area contributed by atoms with Gasteiger partial charge in [0.2, 0.25) is 6.41 Å². The van der Waals surface area contributed by atoms with Crippen molar-refractivity contribution in [3.05, 3.63) is 64.7 Å². The predicted molar refractivity (Wildman–Crippen MR) is 119 cm³/mol. The first-order valence-corrected chi connectivity index (χ1v) is 11.1. The predicted octanol–water partition coefficient (Wildman–Crippen LogP) is 2.97. The summed E-state index contributed by atoms with van der Waals surface area (Å²) >= 11 is 0. The second-order valence-corrected chi connectivity index (χ2v) is 8.72. The maximum atomic E-state index is 12.0. The Hall–Kier alpha value is -2.90. The Balaban J connectivity index is 1.49. The van der Waals surface area contributed by atoms with Crippen molar-refractivity contribution >= 4 is 12.4 Å². The number of rotatable bonds is 7. The summed E-state index contributed by atoms with van der Waals surface area (Å²) in [6.45, 7) is 3.57. The molecular weight excluding hydrogens is 408 g/mol. The molecule has 2 aromatic carbocycles. The minimum atomic E-state index is -0.835. The molecule has 170 valence electrons. The fourth-order valence-corrected chi connectivity index (χ4v) is 5.10. The number of ether oxygens (including phenoxy) is 1. The zero-order valence-electron chi connectivity index (χ0n) is 18.2. The van der Waals surface area contributed by atoms with E-state index in [1.54, 1.807) is 0 Å². The minimum absolute atomic E-state index is 0.0872. The van der Waals surface area contributed by atoms with E-state index in [0.29, 0.717) is 38.2 Å². The molecule has 2 heterocycles. The minimum Gasteiger partial charge on any atom is -0.507 e. The van der Waals surface area contributed by atoms with E-state index < -0.39 is 12.0 Å². The summed E-state index contributed by atoms with van der Waals surface area (Å²) in [6, 6.07) is 12.5. The smallest absolute Gasteiger partial charge is 0.325 e. The number of carbonyl (C=O) groups excluding carboxylic acids is 1. The molecule has 7 heteroatoms. The summed E-state index contributed by atoms with van der Waals surface area (Å²) in [5.41, 5.74) is 3.44. The van der Waals surface area contributed by atoms with Crippen LogP contribution in [0.1, 0.15) is 47.2 Å². The average Bonchev–Trinajstić information content (AvgIpc) is 2.81. The van der Waals surface area contributed by atoms with Crippen LogP contribution >= 0.6 is 0 Å². The van der Waals surface area contributed by atoms with Gasteiger partial charge in [-0.2, -0.15) is 0 Å². The number of fused-ring (bicyclic) bond motifs is 1. The third-order valence-electron chi connectivity index (χ3n) is 6.81. The molecular formula is C25H30N2O5. The molecule has 2 aliphatic rings. The number of likely N-dealkylation sites (tertiary alicyclic amines) is 1. The van der Waals surface area contributed by atoms with Crippen LogP contribution in [0.2, 0.25) is 0 Å². The van der Waals surface area contributed by atoms with Gasteiger partial charge in [-0.25, -0.2) is 0 Å². The van der Waals surface area contributed by atoms with Crippen LogP contribution in [0.4, 0.5) is 0 Å². The molecule has 3 N–H and O–H groups in total. The number of hydrogen-bond acceptors (Lipinski definition) is 5. The number of phenolic OH excluding ortho intramolecular Hbond substituents is 1. The van der Waals surface area contributed by atoms with E-state index >= 15 is 0 Å². The molecule has 0 aliphatic carbocycles. The fraction of sp³-hybridized carbons (Fsp3) is 0.440. The van der Waals surface area contributed by atoms with E-state index in [1.807, 2.05) is 54.3 Å². The van der Waals surface area contributed by atoms with Crippen molar-refractivity contribution in [3.8, 4) is 5.75 Å². The van der Waals surface area contributed by atoms with Crippen molar-refractivity contribution in [1.82, 2.24) is 10.2 Å². The van der Waals surface area contributed by atoms with Gasteiger partial charge in [0.15, 0.2) is 0 Å². The van der Waals surface area contributed by atoms with Crippen molar-refractivity contribution in [2.24, 2.45) is 5.92 Å². The number of carbonyl (C=O) groups is 2. The lowest BCUT2D eigenvalue weighted by Gasteiger charge is -2.42. The standard InChI is InChI=1S/C25H30N2O5/c1-16-7-8-19-20(24(16)29)13-21(32-22(19)14-26-15-28)17-9-11-27(12-10-17)23(25(30)31)18-5-3-2-4-6-18/h2-8,15,17,21-23,29H,9-14H2,1H3,(H,26,28)(H,30,31)/t21-,22-,23?/m0/s1. The summed E-state index contributed by atoms with van der Waals surface area (Å²) in [7, 11) is 0. The van der Waals surface area contributed by atoms with Gasteiger partial charge in [-0.3, -0.25) is 14.5 Å². The van der Waals surface area contributed by atoms with Gasteiger partial charge in [-0.1, -0.05) is 42.5 Å². The first-order valence-electron chi connectivity index (χ1n) is 11.1. The van der Waals surface area contributed by atoms with Crippen LogP contribution in [0.3, 0.4) is 0 Å². The van der Waals surface area contributed by atoms with Gasteiger partial charge < -0.3 is 20.3 Å². The summed E-state index contributed by atoms with van der Waals surface area (Å²) in [6.07, 6.45) is 2.51. The van der Waals surface area contributed by atoms with Crippen LogP contribution in [0.5, 0.6) is 5.75 Å². The van der Waals surface area contributed by atoms with Crippen LogP contribution in [-0.2, 0) is 20.7 Å². The lowest BCUT2D eigenvalue weighted by Crippen LogP contribution is -2.45. The van der Waals surface area contributed by atoms with Crippen molar-refractivity contribution in [2.75, 3.05) is 19.6 Å². The van der Waals surface area contributed by atoms with Crippen LogP contribution in [0.15, 0.2) is 42.5 Å². The van der Waals surface area contributed by atoms with Crippen molar-refractivity contribution in [3.63, 3.8) is 0 Å². The van der Waals surface area contributed by atoms with E-state index in [1.165, 1.54) is 0 Å². The number of carboxylic acid groups (broad SMARTS) is 1. The van der Waals surface area contributed by atoms with Gasteiger partial charge in [0.05, 0.1) is 6.10 Å². The average molecular weight is 439 g/mol. The molecule has 2 aliphatic heterocycles. The number of aliphatic carboxylic acids is 1. The number of amides is 1. The molecule has 0 aromatic heterocycles. The third-order valence-corrected chi connectivity index (χ3v) is 6.81. The van der Waals surface area contributed by atoms with Crippen molar-refractivity contribution in [1.29, 1.82) is 0 Å². The zero-order valence-corrected chi connectivity index (χ0v) is 18.2. The number of aromatic hydroxyl groups is 1. The Kier molecular flexibility index (Phi) is 6.77. The monoisotopic (exact) mass is 438 g/mol. The molecule has 3 atom stereocenters. The molecule has 1 saturated heterocycles. The van der Waals surface area contributed by atoms with E-state index in [0.717, 1.165) is 35.1 Å². The molecule has 1 unspecified atom stereocenters. The Morgan fingerprint density at radius 2 is 1.94 bits per heavy atom. The normalized spacial score (nSPS) is 22.7. The summed E-state index contributed by atoms with van der Waals surface area (Å²) in [4.78, 5) is 24.9. The molecule has 1 fully saturated rings. The van der Waals surface area contributed by atoms with Gasteiger partial charge >= 0.3 is 5.97 Å². The van der Waals surface area contributed by atoms with Gasteiger partial charge in [-0.05, 0) is 55.5 Å². The third kappa shape index (κ3) is 4.49. The molecule has 0 radical (unpaired) electrons. The van der Waals surface area contributed by atoms with Crippen LogP contribution in [0, 0.1) is 12.8 Å². The molecule has 2 aromatic rings. The Labute approximate surface area is 188 Å². The Morgan fingerprint density at radius 1 is 1.22 bits per heavy atom. The van der Waals surface area contributed by atoms with Gasteiger partial charge in [0, 0.05) is 18.5 Å². The number of nitrogens with zero attached hydrogens (tertiary/aromatic N) is 1. The molecule has 32 heavy (non-hydrogen) atoms. The molecule has 7 nitrogen and oxygen atoms in total. The lowest BCUT2D eigenvalue weighted by atomic mass is 9.82. The summed E-state index contributed by atoms with van der Waals surface area (Å²) in [5.74, 6) is -0.277. The second-order valence-electron chi connectivity index (χ2n) is 8.72. The lowest BCUT2D eigenvalue weighted by molar-refractivity contribution is -0.145. The van der Waals surface area contributed by atoms with E-state index in [-0.39, 0.29) is 18.1 Å². The van der Waals surface area contributed by atoms with Gasteiger partial charge in [0.1, 0.15) is 17.9 Å². The van der Waals surface area contributed by atoms with E-state index in [2.05, 4.69) is 5.32 Å². The highest BCUT2D eigenvalue weighted by molar-refractivity contribution is 5.75. The second kappa shape index (κ2) is 9.71. The zero-order chi connectivity index (χ0) is 22.7. The quantitative estimate of drug-likeness (QED) is 0.575. The highest BCUT2D eigenvalue weighted by Crippen LogP contribution is 2.41. The highest BCUT2D eigenvalue weighted by atomic mass is 16.5. The number of phenols is 1. The van der Waals surface area contributed by atoms with E-state index in [4.69, 9.17) is 4.74 Å². The van der Waals surface area contributed by atoms with Crippen LogP contribution < -0.4 is 5.32 Å². The number of piperidine rings is 1. The van der Waals surface area contributed by atoms with Crippen LogP contribution in [-0.4, -0.2) is 53.2 Å². The highest BCUT2D eigenvalue weighted by Gasteiger charge is 2.38. The van der Waals surface area contributed by atoms with Gasteiger partial charge in [0.25, 0.3) is 0 Å². The first-order chi connectivity index (χ1) is 15.5. The van der Waals surface area contributed by atoms with Gasteiger partial charge in [-0.15, -0.1) is 0 Å². The molecule has 0 spiro atoms. The summed E-state index contributed by atoms with van der Waals surface area (Å²) < 4.78 is 6.41. The SMILES string of the molecule is Cc1ccc2c(c1O)C[C@@H](C1CCN(C(C(=O)O)c3ccccc3)CC1)O[C@H]2CNC=O. The number of carboxylic acids is 1. The maximum absolute atomic E-state index is 12.0. The van der Waals surface area contributed by atoms with Crippen molar-refractivity contribution < 1.29 is 24.5 Å². The fourth-order valence-electron chi connectivity index (χ4n) is 5.10. The molecule has 0 saturated carbocycles. The molecule has 1 amide bonds. The van der Waals surface area contributed by atoms with Crippen LogP contribution in [0.25, 0.3) is 0 Å². The Bertz CT molecular complexity index is 956. The topological polar surface area (TPSA) is 99.1 Å². The number of aryl methyl sites for hydroxylation is 1. The Morgan fingerprint density at radius 3 is 2.59 bits per heavy atom.